The fourth-order valence-electron chi connectivity index (χ4n) is 3.24. The SMILES string of the molecule is Cc1ccc2cccc(N/C=C(\C#N)c3nc(-c4ccc5c(c4)OCO5)cs3)c2n1. The number of nitrogens with zero attached hydrogens (tertiary/aromatic N) is 3. The van der Waals surface area contributed by atoms with Crippen LogP contribution in [-0.2, 0) is 0 Å². The zero-order valence-corrected chi connectivity index (χ0v) is 16.9. The fraction of sp³-hybridized carbons (Fsp3) is 0.0870. The van der Waals surface area contributed by atoms with Crippen LogP contribution in [-0.4, -0.2) is 16.8 Å². The van der Waals surface area contributed by atoms with E-state index < -0.39 is 0 Å². The summed E-state index contributed by atoms with van der Waals surface area (Å²) in [4.78, 5) is 9.26. The van der Waals surface area contributed by atoms with E-state index in [4.69, 9.17) is 9.47 Å². The topological polar surface area (TPSA) is 80.1 Å². The van der Waals surface area contributed by atoms with Gasteiger partial charge in [-0.15, -0.1) is 11.3 Å². The summed E-state index contributed by atoms with van der Waals surface area (Å²) in [5.74, 6) is 1.44. The summed E-state index contributed by atoms with van der Waals surface area (Å²) >= 11 is 1.42. The van der Waals surface area contributed by atoms with E-state index in [-0.39, 0.29) is 6.79 Å². The lowest BCUT2D eigenvalue weighted by Crippen LogP contribution is -1.94. The highest BCUT2D eigenvalue weighted by molar-refractivity contribution is 7.11. The zero-order valence-electron chi connectivity index (χ0n) is 16.0. The molecule has 0 bridgehead atoms. The van der Waals surface area contributed by atoms with Gasteiger partial charge in [-0.25, -0.2) is 4.98 Å². The van der Waals surface area contributed by atoms with Crippen LogP contribution in [0.25, 0.3) is 27.7 Å². The number of rotatable bonds is 4. The molecule has 0 atom stereocenters. The number of aryl methyl sites for hydroxylation is 1. The van der Waals surface area contributed by atoms with Gasteiger partial charge in [0, 0.05) is 28.2 Å². The number of benzene rings is 2. The highest BCUT2D eigenvalue weighted by Gasteiger charge is 2.16. The lowest BCUT2D eigenvalue weighted by molar-refractivity contribution is 0.174. The molecule has 0 amide bonds. The van der Waals surface area contributed by atoms with Gasteiger partial charge in [0.25, 0.3) is 0 Å². The number of fused-ring (bicyclic) bond motifs is 2. The molecule has 0 spiro atoms. The second-order valence-electron chi connectivity index (χ2n) is 6.75. The molecule has 0 unspecified atom stereocenters. The van der Waals surface area contributed by atoms with E-state index in [0.717, 1.165) is 39.3 Å². The molecule has 2 aromatic heterocycles. The third-order valence-electron chi connectivity index (χ3n) is 4.75. The van der Waals surface area contributed by atoms with Gasteiger partial charge in [-0.2, -0.15) is 5.26 Å². The molecule has 4 aromatic rings. The number of anilines is 1. The van der Waals surface area contributed by atoms with Crippen LogP contribution in [0.15, 0.2) is 60.1 Å². The number of nitrogens with one attached hydrogen (secondary N) is 1. The number of aromatic nitrogens is 2. The number of nitriles is 1. The molecule has 1 aliphatic rings. The standard InChI is InChI=1S/C23H16N4O2S/c1-14-5-6-15-3-2-4-18(22(15)26-14)25-11-17(10-24)23-27-19(12-30-23)16-7-8-20-21(9-16)29-13-28-20/h2-9,11-12,25H,13H2,1H3/b17-11+. The number of hydrogen-bond donors (Lipinski definition) is 1. The van der Waals surface area contributed by atoms with Crippen LogP contribution in [0.3, 0.4) is 0 Å². The van der Waals surface area contributed by atoms with Crippen LogP contribution >= 0.6 is 11.3 Å². The van der Waals surface area contributed by atoms with Crippen LogP contribution in [0.5, 0.6) is 11.5 Å². The van der Waals surface area contributed by atoms with E-state index in [1.165, 1.54) is 11.3 Å². The van der Waals surface area contributed by atoms with Gasteiger partial charge in [0.05, 0.1) is 16.9 Å². The van der Waals surface area contributed by atoms with Crippen LogP contribution < -0.4 is 14.8 Å². The maximum Gasteiger partial charge on any atom is 0.231 e. The molecule has 146 valence electrons. The molecule has 0 saturated carbocycles. The van der Waals surface area contributed by atoms with Crippen molar-refractivity contribution in [2.45, 2.75) is 6.92 Å². The minimum atomic E-state index is 0.233. The highest BCUT2D eigenvalue weighted by Crippen LogP contribution is 2.36. The Hall–Kier alpha value is -3.89. The zero-order chi connectivity index (χ0) is 20.5. The van der Waals surface area contributed by atoms with Crippen molar-refractivity contribution in [1.29, 1.82) is 5.26 Å². The summed E-state index contributed by atoms with van der Waals surface area (Å²) < 4.78 is 10.8. The van der Waals surface area contributed by atoms with Gasteiger partial charge >= 0.3 is 0 Å². The Morgan fingerprint density at radius 3 is 2.93 bits per heavy atom. The maximum absolute atomic E-state index is 9.68. The van der Waals surface area contributed by atoms with E-state index in [1.807, 2.05) is 60.8 Å². The van der Waals surface area contributed by atoms with E-state index in [1.54, 1.807) is 6.20 Å². The Balaban J connectivity index is 1.44. The summed E-state index contributed by atoms with van der Waals surface area (Å²) in [5, 5.41) is 16.5. The Labute approximate surface area is 177 Å². The molecular weight excluding hydrogens is 396 g/mol. The molecular formula is C23H16N4O2S. The normalized spacial score (nSPS) is 12.7. The quantitative estimate of drug-likeness (QED) is 0.454. The molecule has 30 heavy (non-hydrogen) atoms. The molecule has 3 heterocycles. The number of pyridine rings is 1. The van der Waals surface area contributed by atoms with Gasteiger partial charge in [-0.3, -0.25) is 4.98 Å². The first-order valence-electron chi connectivity index (χ1n) is 9.30. The second-order valence-corrected chi connectivity index (χ2v) is 7.61. The minimum absolute atomic E-state index is 0.233. The van der Waals surface area contributed by atoms with Gasteiger partial charge in [0.1, 0.15) is 16.6 Å². The first-order chi connectivity index (χ1) is 14.7. The summed E-state index contributed by atoms with van der Waals surface area (Å²) in [5.41, 5.74) is 4.81. The van der Waals surface area contributed by atoms with Crippen molar-refractivity contribution in [3.63, 3.8) is 0 Å². The first-order valence-corrected chi connectivity index (χ1v) is 10.2. The van der Waals surface area contributed by atoms with Crippen molar-refractivity contribution in [1.82, 2.24) is 9.97 Å². The molecule has 0 fully saturated rings. The third kappa shape index (κ3) is 3.34. The smallest absolute Gasteiger partial charge is 0.231 e. The molecule has 2 aromatic carbocycles. The predicted molar refractivity (Wildman–Crippen MR) is 117 cm³/mol. The first kappa shape index (κ1) is 18.2. The largest absolute Gasteiger partial charge is 0.454 e. The molecule has 0 aliphatic carbocycles. The summed E-state index contributed by atoms with van der Waals surface area (Å²) in [7, 11) is 0. The average Bonchev–Trinajstić information content (AvgIpc) is 3.43. The monoisotopic (exact) mass is 412 g/mol. The molecule has 1 N–H and O–H groups in total. The van der Waals surface area contributed by atoms with Crippen molar-refractivity contribution < 1.29 is 9.47 Å². The summed E-state index contributed by atoms with van der Waals surface area (Å²) in [6, 6.07) is 17.9. The van der Waals surface area contributed by atoms with E-state index in [0.29, 0.717) is 16.3 Å². The number of thiazole rings is 1. The molecule has 6 nitrogen and oxygen atoms in total. The van der Waals surface area contributed by atoms with Crippen molar-refractivity contribution in [2.24, 2.45) is 0 Å². The lowest BCUT2D eigenvalue weighted by Gasteiger charge is -2.06. The van der Waals surface area contributed by atoms with E-state index in [9.17, 15) is 5.26 Å². The maximum atomic E-state index is 9.68. The number of para-hydroxylation sites is 1. The van der Waals surface area contributed by atoms with Crippen molar-refractivity contribution in [2.75, 3.05) is 12.1 Å². The summed E-state index contributed by atoms with van der Waals surface area (Å²) in [6.45, 7) is 2.19. The lowest BCUT2D eigenvalue weighted by atomic mass is 10.1. The number of ether oxygens (including phenoxy) is 2. The molecule has 7 heteroatoms. The van der Waals surface area contributed by atoms with Crippen molar-refractivity contribution >= 4 is 33.5 Å². The molecule has 5 rings (SSSR count). The fourth-order valence-corrected chi connectivity index (χ4v) is 4.03. The van der Waals surface area contributed by atoms with Gasteiger partial charge in [-0.05, 0) is 37.3 Å². The van der Waals surface area contributed by atoms with E-state index >= 15 is 0 Å². The third-order valence-corrected chi connectivity index (χ3v) is 5.63. The Bertz CT molecular complexity index is 1340. The average molecular weight is 412 g/mol. The Kier molecular flexibility index (Phi) is 4.54. The van der Waals surface area contributed by atoms with Crippen molar-refractivity contribution in [3.05, 3.63) is 70.8 Å². The van der Waals surface area contributed by atoms with Crippen LogP contribution in [0.1, 0.15) is 10.7 Å². The molecule has 0 radical (unpaired) electrons. The Morgan fingerprint density at radius 1 is 1.13 bits per heavy atom. The van der Waals surface area contributed by atoms with Gasteiger partial charge < -0.3 is 14.8 Å². The number of allylic oxidation sites excluding steroid dienone is 1. The van der Waals surface area contributed by atoms with Gasteiger partial charge in [0.2, 0.25) is 6.79 Å². The van der Waals surface area contributed by atoms with Crippen LogP contribution in [0.2, 0.25) is 0 Å². The van der Waals surface area contributed by atoms with Gasteiger partial charge in [0.15, 0.2) is 11.5 Å². The van der Waals surface area contributed by atoms with Crippen LogP contribution in [0.4, 0.5) is 5.69 Å². The highest BCUT2D eigenvalue weighted by atomic mass is 32.1. The Morgan fingerprint density at radius 2 is 2.03 bits per heavy atom. The molecule has 1 aliphatic heterocycles. The predicted octanol–water partition coefficient (Wildman–Crippen LogP) is 5.37. The van der Waals surface area contributed by atoms with Crippen LogP contribution in [0, 0.1) is 18.3 Å². The summed E-state index contributed by atoms with van der Waals surface area (Å²) in [6.07, 6.45) is 1.68. The minimum Gasteiger partial charge on any atom is -0.454 e. The second kappa shape index (κ2) is 7.50. The number of hydrogen-bond acceptors (Lipinski definition) is 7. The van der Waals surface area contributed by atoms with E-state index in [2.05, 4.69) is 21.4 Å². The van der Waals surface area contributed by atoms with Gasteiger partial charge in [-0.1, -0.05) is 18.2 Å². The van der Waals surface area contributed by atoms with Crippen molar-refractivity contribution in [3.8, 4) is 28.8 Å². The molecule has 0 saturated heterocycles.